The van der Waals surface area contributed by atoms with Crippen molar-refractivity contribution in [1.29, 1.82) is 0 Å². The SMILES string of the molecule is O=[N+]([O-])c1ccc(-c2nnc(N3CCSCC3)s2)s1. The maximum absolute atomic E-state index is 10.7. The zero-order chi connectivity index (χ0) is 13.2. The van der Waals surface area contributed by atoms with E-state index in [2.05, 4.69) is 15.1 Å². The number of nitro groups is 1. The largest absolute Gasteiger partial charge is 0.345 e. The monoisotopic (exact) mass is 314 g/mol. The van der Waals surface area contributed by atoms with Crippen LogP contribution in [0.1, 0.15) is 0 Å². The fraction of sp³-hybridized carbons (Fsp3) is 0.400. The van der Waals surface area contributed by atoms with Crippen molar-refractivity contribution in [2.45, 2.75) is 0 Å². The highest BCUT2D eigenvalue weighted by atomic mass is 32.2. The van der Waals surface area contributed by atoms with Crippen molar-refractivity contribution in [1.82, 2.24) is 10.2 Å². The smallest absolute Gasteiger partial charge is 0.324 e. The Morgan fingerprint density at radius 1 is 1.21 bits per heavy atom. The van der Waals surface area contributed by atoms with Crippen LogP contribution in [0.15, 0.2) is 12.1 Å². The number of hydrogen-bond acceptors (Lipinski definition) is 8. The van der Waals surface area contributed by atoms with E-state index in [9.17, 15) is 10.1 Å². The molecule has 0 radical (unpaired) electrons. The molecule has 0 spiro atoms. The fourth-order valence-corrected chi connectivity index (χ4v) is 4.41. The third-order valence-electron chi connectivity index (χ3n) is 2.68. The van der Waals surface area contributed by atoms with Crippen molar-refractivity contribution < 1.29 is 4.92 Å². The number of rotatable bonds is 3. The molecule has 9 heteroatoms. The van der Waals surface area contributed by atoms with E-state index >= 15 is 0 Å². The van der Waals surface area contributed by atoms with Gasteiger partial charge in [0.05, 0.1) is 9.80 Å². The molecule has 3 rings (SSSR count). The summed E-state index contributed by atoms with van der Waals surface area (Å²) < 4.78 is 0. The molecule has 0 amide bonds. The predicted molar refractivity (Wildman–Crippen MR) is 79.4 cm³/mol. The van der Waals surface area contributed by atoms with Crippen LogP contribution in [-0.4, -0.2) is 39.7 Å². The predicted octanol–water partition coefficient (Wildman–Crippen LogP) is 2.73. The van der Waals surface area contributed by atoms with Crippen LogP contribution in [-0.2, 0) is 0 Å². The third-order valence-corrected chi connectivity index (χ3v) is 5.81. The number of nitrogens with zero attached hydrogens (tertiary/aromatic N) is 4. The Labute approximate surface area is 121 Å². The normalized spacial score (nSPS) is 15.7. The molecular formula is C10H10N4O2S3. The Kier molecular flexibility index (Phi) is 3.67. The van der Waals surface area contributed by atoms with E-state index in [0.717, 1.165) is 50.9 Å². The van der Waals surface area contributed by atoms with Crippen LogP contribution in [0, 0.1) is 10.1 Å². The highest BCUT2D eigenvalue weighted by molar-refractivity contribution is 7.99. The molecule has 19 heavy (non-hydrogen) atoms. The fourth-order valence-electron chi connectivity index (χ4n) is 1.74. The van der Waals surface area contributed by atoms with E-state index in [-0.39, 0.29) is 9.92 Å². The standard InChI is InChI=1S/C10H10N4O2S3/c15-14(16)8-2-1-7(18-8)9-11-12-10(19-9)13-3-5-17-6-4-13/h1-2H,3-6H2. The molecular weight excluding hydrogens is 304 g/mol. The molecule has 1 aliphatic heterocycles. The molecule has 1 saturated heterocycles. The summed E-state index contributed by atoms with van der Waals surface area (Å²) in [5, 5.41) is 20.8. The topological polar surface area (TPSA) is 72.2 Å². The first-order valence-electron chi connectivity index (χ1n) is 5.65. The molecule has 0 unspecified atom stereocenters. The van der Waals surface area contributed by atoms with Crippen molar-refractivity contribution in [3.05, 3.63) is 22.2 Å². The second-order valence-corrected chi connectivity index (χ2v) is 7.13. The van der Waals surface area contributed by atoms with Crippen LogP contribution >= 0.6 is 34.4 Å². The number of thiophene rings is 1. The molecule has 1 aliphatic rings. The van der Waals surface area contributed by atoms with E-state index in [1.807, 2.05) is 11.8 Å². The van der Waals surface area contributed by atoms with E-state index in [4.69, 9.17) is 0 Å². The molecule has 0 bridgehead atoms. The first-order chi connectivity index (χ1) is 9.24. The summed E-state index contributed by atoms with van der Waals surface area (Å²) in [6, 6.07) is 3.25. The number of aromatic nitrogens is 2. The minimum absolute atomic E-state index is 0.140. The van der Waals surface area contributed by atoms with Crippen molar-refractivity contribution in [3.63, 3.8) is 0 Å². The van der Waals surface area contributed by atoms with E-state index < -0.39 is 0 Å². The van der Waals surface area contributed by atoms with E-state index in [1.165, 1.54) is 17.4 Å². The molecule has 0 saturated carbocycles. The minimum Gasteiger partial charge on any atom is -0.345 e. The lowest BCUT2D eigenvalue weighted by atomic mass is 10.5. The van der Waals surface area contributed by atoms with Gasteiger partial charge in [-0.2, -0.15) is 11.8 Å². The summed E-state index contributed by atoms with van der Waals surface area (Å²) in [6.07, 6.45) is 0. The lowest BCUT2D eigenvalue weighted by molar-refractivity contribution is -0.380. The molecule has 0 aliphatic carbocycles. The van der Waals surface area contributed by atoms with Crippen LogP contribution in [0.2, 0.25) is 0 Å². The van der Waals surface area contributed by atoms with Gasteiger partial charge in [0.25, 0.3) is 0 Å². The van der Waals surface area contributed by atoms with Crippen LogP contribution in [0.3, 0.4) is 0 Å². The Hall–Kier alpha value is -1.19. The van der Waals surface area contributed by atoms with Gasteiger partial charge < -0.3 is 4.90 Å². The lowest BCUT2D eigenvalue weighted by Gasteiger charge is -2.24. The summed E-state index contributed by atoms with van der Waals surface area (Å²) in [5.41, 5.74) is 0. The highest BCUT2D eigenvalue weighted by Crippen LogP contribution is 2.36. The van der Waals surface area contributed by atoms with Crippen molar-refractivity contribution in [2.24, 2.45) is 0 Å². The van der Waals surface area contributed by atoms with Crippen LogP contribution in [0.25, 0.3) is 9.88 Å². The molecule has 0 N–H and O–H groups in total. The zero-order valence-corrected chi connectivity index (χ0v) is 12.3. The molecule has 3 heterocycles. The Morgan fingerprint density at radius 2 is 2.00 bits per heavy atom. The summed E-state index contributed by atoms with van der Waals surface area (Å²) >= 11 is 4.59. The number of hydrogen-bond donors (Lipinski definition) is 0. The zero-order valence-electron chi connectivity index (χ0n) is 9.81. The third kappa shape index (κ3) is 2.72. The number of thioether (sulfide) groups is 1. The molecule has 100 valence electrons. The van der Waals surface area contributed by atoms with Gasteiger partial charge in [-0.15, -0.1) is 10.2 Å². The molecule has 2 aromatic rings. The van der Waals surface area contributed by atoms with Crippen LogP contribution in [0.4, 0.5) is 10.1 Å². The minimum atomic E-state index is -0.377. The van der Waals surface area contributed by atoms with Crippen molar-refractivity contribution in [3.8, 4) is 9.88 Å². The average molecular weight is 314 g/mol. The lowest BCUT2D eigenvalue weighted by Crippen LogP contribution is -2.32. The highest BCUT2D eigenvalue weighted by Gasteiger charge is 2.18. The summed E-state index contributed by atoms with van der Waals surface area (Å²) in [7, 11) is 0. The van der Waals surface area contributed by atoms with E-state index in [1.54, 1.807) is 6.07 Å². The number of anilines is 1. The van der Waals surface area contributed by atoms with Gasteiger partial charge in [0, 0.05) is 30.7 Å². The first-order valence-corrected chi connectivity index (χ1v) is 8.43. The van der Waals surface area contributed by atoms with Gasteiger partial charge in [-0.1, -0.05) is 22.7 Å². The molecule has 0 atom stereocenters. The summed E-state index contributed by atoms with van der Waals surface area (Å²) in [6.45, 7) is 1.98. The molecule has 2 aromatic heterocycles. The first kappa shape index (κ1) is 12.8. The second-order valence-electron chi connectivity index (χ2n) is 3.88. The van der Waals surface area contributed by atoms with Gasteiger partial charge in [-0.3, -0.25) is 10.1 Å². The van der Waals surface area contributed by atoms with Crippen LogP contribution in [0.5, 0.6) is 0 Å². The van der Waals surface area contributed by atoms with Gasteiger partial charge in [0.1, 0.15) is 0 Å². The Balaban J connectivity index is 1.81. The molecule has 1 fully saturated rings. The quantitative estimate of drug-likeness (QED) is 0.641. The summed E-state index contributed by atoms with van der Waals surface area (Å²) in [4.78, 5) is 13.3. The second kappa shape index (κ2) is 5.43. The Bertz CT molecular complexity index is 591. The van der Waals surface area contributed by atoms with Crippen molar-refractivity contribution in [2.75, 3.05) is 29.5 Å². The molecule has 0 aromatic carbocycles. The van der Waals surface area contributed by atoms with Crippen molar-refractivity contribution >= 4 is 44.6 Å². The van der Waals surface area contributed by atoms with Crippen LogP contribution < -0.4 is 4.90 Å². The maximum Gasteiger partial charge on any atom is 0.324 e. The van der Waals surface area contributed by atoms with Gasteiger partial charge in [-0.05, 0) is 6.07 Å². The van der Waals surface area contributed by atoms with Gasteiger partial charge in [0.2, 0.25) is 5.13 Å². The van der Waals surface area contributed by atoms with Gasteiger partial charge in [0.15, 0.2) is 5.01 Å². The molecule has 6 nitrogen and oxygen atoms in total. The summed E-state index contributed by atoms with van der Waals surface area (Å²) in [5.74, 6) is 2.22. The average Bonchev–Trinajstić information content (AvgIpc) is 3.09. The van der Waals surface area contributed by atoms with E-state index in [0.29, 0.717) is 0 Å². The maximum atomic E-state index is 10.7. The Morgan fingerprint density at radius 3 is 2.68 bits per heavy atom. The van der Waals surface area contributed by atoms with Gasteiger partial charge in [-0.25, -0.2) is 0 Å². The van der Waals surface area contributed by atoms with Gasteiger partial charge >= 0.3 is 5.00 Å².